The van der Waals surface area contributed by atoms with Gasteiger partial charge in [0.1, 0.15) is 25.4 Å². The molecular formula is C83H128N16O20S. The van der Waals surface area contributed by atoms with E-state index in [1.165, 1.54) is 0 Å². The number of fused-ring (bicyclic) bond motifs is 2. The number of primary amides is 1. The van der Waals surface area contributed by atoms with Crippen molar-refractivity contribution in [1.82, 2.24) is 63.4 Å². The van der Waals surface area contributed by atoms with Crippen molar-refractivity contribution in [3.63, 3.8) is 0 Å². The molecule has 0 fully saturated rings. The van der Waals surface area contributed by atoms with Crippen LogP contribution in [-0.2, 0) is 99.6 Å². The minimum atomic E-state index is -4.30. The number of hydrogen-bond donors (Lipinski definition) is 14. The van der Waals surface area contributed by atoms with Crippen LogP contribution in [-0.4, -0.2) is 236 Å². The average molecular weight is 1700 g/mol. The number of ketones is 1. The van der Waals surface area contributed by atoms with Gasteiger partial charge < -0.3 is 98.1 Å². The molecule has 37 heteroatoms. The highest BCUT2D eigenvalue weighted by Gasteiger charge is 2.35. The van der Waals surface area contributed by atoms with E-state index in [9.17, 15) is 61.2 Å². The molecule has 0 spiro atoms. The van der Waals surface area contributed by atoms with Gasteiger partial charge in [0.05, 0.1) is 119 Å². The summed E-state index contributed by atoms with van der Waals surface area (Å²) in [7, 11) is -4.30. The lowest BCUT2D eigenvalue weighted by molar-refractivity contribution is -0.148. The molecule has 4 atom stereocenters. The predicted molar refractivity (Wildman–Crippen MR) is 451 cm³/mol. The molecule has 120 heavy (non-hydrogen) atoms. The largest absolute Gasteiger partial charge is 0.461 e. The lowest BCUT2D eigenvalue weighted by Crippen LogP contribution is -2.53. The number of amides is 10. The van der Waals surface area contributed by atoms with E-state index in [0.717, 1.165) is 53.0 Å². The van der Waals surface area contributed by atoms with E-state index < -0.39 is 87.2 Å². The van der Waals surface area contributed by atoms with Gasteiger partial charge in [-0.3, -0.25) is 62.4 Å². The first kappa shape index (κ1) is 99.0. The Hall–Kier alpha value is -9.86. The summed E-state index contributed by atoms with van der Waals surface area (Å²) in [5.41, 5.74) is 25.8. The van der Waals surface area contributed by atoms with E-state index in [4.69, 9.17) is 44.4 Å². The van der Waals surface area contributed by atoms with Crippen molar-refractivity contribution in [2.75, 3.05) is 134 Å². The number of nitrogens with two attached hydrogens (primary N) is 2. The minimum Gasteiger partial charge on any atom is -0.461 e. The Kier molecular flexibility index (Phi) is 44.3. The molecule has 1 unspecified atom stereocenters. The molecule has 0 saturated carbocycles. The number of anilines is 2. The third-order valence-electron chi connectivity index (χ3n) is 19.7. The molecule has 0 saturated heterocycles. The third kappa shape index (κ3) is 37.0. The number of benzene rings is 3. The molecule has 3 aromatic rings. The zero-order chi connectivity index (χ0) is 87.4. The van der Waals surface area contributed by atoms with Crippen molar-refractivity contribution in [1.29, 1.82) is 0 Å². The maximum atomic E-state index is 14.5. The van der Waals surface area contributed by atoms with Crippen LogP contribution in [0.1, 0.15) is 167 Å². The Balaban J connectivity index is 0.963. The molecule has 2 aliphatic heterocycles. The van der Waals surface area contributed by atoms with Gasteiger partial charge in [0.15, 0.2) is 5.78 Å². The second kappa shape index (κ2) is 53.7. The Morgan fingerprint density at radius 3 is 1.96 bits per heavy atom. The summed E-state index contributed by atoms with van der Waals surface area (Å²) < 4.78 is 65.9. The van der Waals surface area contributed by atoms with Gasteiger partial charge in [0.2, 0.25) is 47.3 Å². The smallest absolute Gasteiger partial charge is 0.312 e. The van der Waals surface area contributed by atoms with E-state index in [2.05, 4.69) is 58.8 Å². The Bertz CT molecular complexity index is 4000. The quantitative estimate of drug-likeness (QED) is 0.0218. The van der Waals surface area contributed by atoms with Crippen LogP contribution in [0.25, 0.3) is 11.4 Å². The highest BCUT2D eigenvalue weighted by Crippen LogP contribution is 2.36. The predicted octanol–water partition coefficient (Wildman–Crippen LogP) is 3.66. The number of Topliss-reactive ketones (excluding diaryl/α,β-unsaturated/α-hetero) is 1. The minimum absolute atomic E-state index is 0.0190. The first-order chi connectivity index (χ1) is 57.5. The number of allylic oxidation sites excluding steroid dienone is 1. The van der Waals surface area contributed by atoms with Crippen LogP contribution < -0.4 is 75.2 Å². The van der Waals surface area contributed by atoms with Crippen LogP contribution in [0.4, 0.5) is 16.2 Å². The van der Waals surface area contributed by atoms with Crippen LogP contribution in [0.2, 0.25) is 0 Å². The number of para-hydroxylation sites is 1. The summed E-state index contributed by atoms with van der Waals surface area (Å²) >= 11 is 0. The summed E-state index contributed by atoms with van der Waals surface area (Å²) in [4.78, 5) is 149. The van der Waals surface area contributed by atoms with E-state index in [1.54, 1.807) is 61.8 Å². The molecule has 3 aliphatic rings. The average Bonchev–Trinajstić information content (AvgIpc) is 0.938. The highest BCUT2D eigenvalue weighted by atomic mass is 32.2. The van der Waals surface area contributed by atoms with Crippen molar-refractivity contribution >= 4 is 97.9 Å². The summed E-state index contributed by atoms with van der Waals surface area (Å²) in [5, 5.41) is 27.4. The van der Waals surface area contributed by atoms with Crippen LogP contribution in [0.3, 0.4) is 0 Å². The number of hydrazine groups is 2. The standard InChI is InChI=1S/C83H128N16O20S/c1-8-34-86-72(103)52-97(53-73(104)89-38-49-120(111,112)113)39-40-99-67-25-10-9-11-26-69(79(67)95-96-99)118-55-74(105)87-35-17-16-23-65(81(108)94-77(56(2)3)68(100)50-60(20-18-36-90-83(85)110)80(107)92-62-29-27-59(28-30-62)54-119-82(109)57(4)5)93-71(102)33-41-114-43-45-116-47-48-117-46-44-115-42-37-88-70(101)31-32-75(106)98-51-61-19-12-13-21-63(61)78(91-58(6)7)76(84)64-22-14-15-24-66(64)98/h12-15,19,21-22,24,27-30,56-58,60,65,69,77,91,95-96H,8-11,16-18,20,23,25-26,31-55,84H2,1-7H3,(H,86,103)(H,87,105)(H,88,101)(H,89,104)(H,92,107)(H,93,102)(H,94,108)(H3,85,90,110)(H,111,112,113)/b78-76-/t60-,65-,69?,77+/m1/s1. The van der Waals surface area contributed by atoms with Crippen LogP contribution in [0.5, 0.6) is 0 Å². The molecule has 2 heterocycles. The van der Waals surface area contributed by atoms with Gasteiger partial charge in [-0.05, 0) is 107 Å². The van der Waals surface area contributed by atoms with Crippen molar-refractivity contribution in [2.24, 2.45) is 29.2 Å². The molecule has 6 rings (SSSR count). The number of ether oxygens (including phenoxy) is 6. The lowest BCUT2D eigenvalue weighted by Gasteiger charge is -2.31. The monoisotopic (exact) mass is 1700 g/mol. The Morgan fingerprint density at radius 1 is 0.650 bits per heavy atom. The number of rotatable bonds is 56. The number of urea groups is 1. The molecule has 3 aromatic carbocycles. The fourth-order valence-corrected chi connectivity index (χ4v) is 13.7. The maximum absolute atomic E-state index is 14.5. The third-order valence-corrected chi connectivity index (χ3v) is 20.4. The number of carbonyl (C=O) groups excluding carboxylic acids is 11. The maximum Gasteiger partial charge on any atom is 0.312 e. The lowest BCUT2D eigenvalue weighted by atomic mass is 9.89. The first-order valence-corrected chi connectivity index (χ1v) is 43.3. The summed E-state index contributed by atoms with van der Waals surface area (Å²) in [6.45, 7) is 15.4. The van der Waals surface area contributed by atoms with Crippen molar-refractivity contribution in [3.05, 3.63) is 106 Å². The second-order valence-electron chi connectivity index (χ2n) is 30.6. The number of carbonyl (C=O) groups is 11. The van der Waals surface area contributed by atoms with E-state index in [-0.39, 0.29) is 192 Å². The molecule has 0 aromatic heterocycles. The van der Waals surface area contributed by atoms with Crippen LogP contribution in [0.15, 0.2) is 84.2 Å². The molecule has 10 amide bonds. The molecule has 1 aliphatic carbocycles. The van der Waals surface area contributed by atoms with Gasteiger partial charge in [-0.2, -0.15) is 8.42 Å². The zero-order valence-electron chi connectivity index (χ0n) is 70.5. The Morgan fingerprint density at radius 2 is 1.29 bits per heavy atom. The summed E-state index contributed by atoms with van der Waals surface area (Å²) in [6, 6.07) is 19.1. The number of esters is 1. The van der Waals surface area contributed by atoms with E-state index in [1.807, 2.05) is 74.3 Å². The number of unbranched alkanes of at least 4 members (excludes halogenated alkanes) is 1. The molecule has 36 nitrogen and oxygen atoms in total. The molecule has 666 valence electrons. The highest BCUT2D eigenvalue weighted by molar-refractivity contribution is 7.85. The number of hydrogen-bond acceptors (Lipinski definition) is 25. The van der Waals surface area contributed by atoms with E-state index >= 15 is 0 Å². The topological polar surface area (TPSA) is 492 Å². The van der Waals surface area contributed by atoms with Crippen molar-refractivity contribution < 1.29 is 94.1 Å². The second-order valence-corrected chi connectivity index (χ2v) is 32.2. The molecular weight excluding hydrogens is 1570 g/mol. The fraction of sp³-hybridized carbons (Fsp3) is 0.602. The van der Waals surface area contributed by atoms with Crippen LogP contribution in [0, 0.1) is 17.8 Å². The van der Waals surface area contributed by atoms with Crippen LogP contribution >= 0.6 is 0 Å². The normalized spacial score (nSPS) is 15.4. The van der Waals surface area contributed by atoms with Gasteiger partial charge in [0, 0.05) is 100 Å². The fourth-order valence-electron chi connectivity index (χ4n) is 13.3. The van der Waals surface area contributed by atoms with Gasteiger partial charge in [-0.25, -0.2) is 4.79 Å². The summed E-state index contributed by atoms with van der Waals surface area (Å²) in [5.74, 6) is -6.59. The number of nitrogens with zero attached hydrogens (tertiary/aromatic N) is 3. The molecule has 16 N–H and O–H groups in total. The SMILES string of the molecule is CCCNC(=O)CN(CCN1NNC2=C1CCCCCC2OCC(=O)NCCCC[C@@H](NC(=O)CCOCCOCCOCCOCCNC(=O)CCC(=O)N1Cc2ccccc2/C(NC(C)C)=C(/N)c2ccccc21)C(=O)N[C@H](C(=O)C[C@@H](CCCNC(N)=O)C(=O)Nc1ccc(COC(=O)C(C)C)cc1)C(C)C)CC(=O)NCCS(=O)(=O)O. The van der Waals surface area contributed by atoms with Gasteiger partial charge in [0.25, 0.3) is 10.1 Å². The van der Waals surface area contributed by atoms with E-state index in [0.29, 0.717) is 74.4 Å². The number of nitrogens with one attached hydrogen (secondary N) is 11. The Labute approximate surface area is 704 Å². The molecule has 0 radical (unpaired) electrons. The zero-order valence-corrected chi connectivity index (χ0v) is 71.4. The van der Waals surface area contributed by atoms with Crippen molar-refractivity contribution in [3.8, 4) is 0 Å². The van der Waals surface area contributed by atoms with Gasteiger partial charge >= 0.3 is 12.0 Å². The first-order valence-electron chi connectivity index (χ1n) is 41.7. The molecule has 0 bridgehead atoms. The van der Waals surface area contributed by atoms with Crippen molar-refractivity contribution in [2.45, 2.75) is 182 Å². The summed E-state index contributed by atoms with van der Waals surface area (Å²) in [6.07, 6.45) is 4.78. The van der Waals surface area contributed by atoms with Gasteiger partial charge in [-0.1, -0.05) is 102 Å². The van der Waals surface area contributed by atoms with Gasteiger partial charge in [-0.15, -0.1) is 5.53 Å².